The van der Waals surface area contributed by atoms with Gasteiger partial charge < -0.3 is 15.1 Å². The van der Waals surface area contributed by atoms with Crippen molar-refractivity contribution in [1.82, 2.24) is 34.6 Å². The van der Waals surface area contributed by atoms with Crippen LogP contribution in [-0.2, 0) is 0 Å². The second kappa shape index (κ2) is 7.38. The van der Waals surface area contributed by atoms with Crippen LogP contribution in [0, 0.1) is 5.92 Å². The number of rotatable bonds is 4. The number of pyridine rings is 1. The molecule has 9 heteroatoms. The van der Waals surface area contributed by atoms with Gasteiger partial charge in [-0.15, -0.1) is 10.2 Å². The molecule has 2 fully saturated rings. The molecule has 0 unspecified atom stereocenters. The third kappa shape index (κ3) is 3.66. The van der Waals surface area contributed by atoms with Crippen molar-refractivity contribution in [3.05, 3.63) is 29.7 Å². The van der Waals surface area contributed by atoms with Crippen molar-refractivity contribution in [3.63, 3.8) is 0 Å². The number of piperazine rings is 1. The van der Waals surface area contributed by atoms with E-state index >= 15 is 0 Å². The molecule has 3 amide bonds. The van der Waals surface area contributed by atoms with E-state index in [9.17, 15) is 9.59 Å². The zero-order valence-corrected chi connectivity index (χ0v) is 16.6. The van der Waals surface area contributed by atoms with Crippen LogP contribution in [0.2, 0.25) is 0 Å². The van der Waals surface area contributed by atoms with E-state index in [1.807, 2.05) is 22.4 Å². The Labute approximate surface area is 164 Å². The Kier molecular flexibility index (Phi) is 4.92. The van der Waals surface area contributed by atoms with Gasteiger partial charge in [0, 0.05) is 46.5 Å². The number of urea groups is 1. The minimum Gasteiger partial charge on any atom is -0.352 e. The molecule has 0 radical (unpaired) electrons. The van der Waals surface area contributed by atoms with Gasteiger partial charge in [-0.25, -0.2) is 4.79 Å². The molecule has 28 heavy (non-hydrogen) atoms. The van der Waals surface area contributed by atoms with E-state index in [-0.39, 0.29) is 18.0 Å². The molecule has 3 heterocycles. The van der Waals surface area contributed by atoms with Gasteiger partial charge in [0.2, 0.25) is 0 Å². The van der Waals surface area contributed by atoms with Crippen LogP contribution >= 0.6 is 0 Å². The summed E-state index contributed by atoms with van der Waals surface area (Å²) >= 11 is 0. The monoisotopic (exact) mass is 385 g/mol. The summed E-state index contributed by atoms with van der Waals surface area (Å²) in [6, 6.07) is 3.50. The van der Waals surface area contributed by atoms with E-state index in [0.29, 0.717) is 30.2 Å². The number of carbonyl (C=O) groups is 2. The molecule has 1 saturated carbocycles. The number of fused-ring (bicyclic) bond motifs is 1. The maximum absolute atomic E-state index is 12.5. The van der Waals surface area contributed by atoms with Gasteiger partial charge in [-0.3, -0.25) is 14.1 Å². The van der Waals surface area contributed by atoms with Crippen molar-refractivity contribution >= 4 is 17.6 Å². The molecule has 150 valence electrons. The lowest BCUT2D eigenvalue weighted by Gasteiger charge is -2.39. The number of aromatic nitrogens is 3. The van der Waals surface area contributed by atoms with Crippen molar-refractivity contribution in [1.29, 1.82) is 0 Å². The Morgan fingerprint density at radius 1 is 1.21 bits per heavy atom. The third-order valence-electron chi connectivity index (χ3n) is 5.54. The van der Waals surface area contributed by atoms with E-state index in [2.05, 4.69) is 20.4 Å². The molecule has 4 rings (SSSR count). The fourth-order valence-electron chi connectivity index (χ4n) is 3.54. The molecule has 0 aromatic carbocycles. The topological polar surface area (TPSA) is 86.1 Å². The van der Waals surface area contributed by atoms with Crippen LogP contribution in [0.1, 0.15) is 35.1 Å². The Hall–Kier alpha value is -2.68. The highest BCUT2D eigenvalue weighted by atomic mass is 16.2. The molecule has 2 aromatic heterocycles. The molecule has 9 nitrogen and oxygen atoms in total. The molecule has 1 aliphatic carbocycles. The minimum absolute atomic E-state index is 0.00735. The largest absolute Gasteiger partial charge is 0.352 e. The van der Waals surface area contributed by atoms with Gasteiger partial charge in [0.15, 0.2) is 11.5 Å². The van der Waals surface area contributed by atoms with E-state index in [1.165, 1.54) is 12.8 Å². The first-order chi connectivity index (χ1) is 13.4. The quantitative estimate of drug-likeness (QED) is 0.843. The summed E-state index contributed by atoms with van der Waals surface area (Å²) in [5, 5.41) is 11.6. The number of likely N-dealkylation sites (N-methyl/N-ethyl adjacent to an activating group) is 1. The van der Waals surface area contributed by atoms with Gasteiger partial charge in [-0.1, -0.05) is 0 Å². The average molecular weight is 385 g/mol. The smallest absolute Gasteiger partial charge is 0.319 e. The van der Waals surface area contributed by atoms with Crippen molar-refractivity contribution in [2.24, 2.45) is 5.92 Å². The second-order valence-electron chi connectivity index (χ2n) is 7.98. The summed E-state index contributed by atoms with van der Waals surface area (Å²) in [4.78, 5) is 30.5. The molecule has 2 aromatic rings. The Balaban J connectivity index is 1.59. The zero-order valence-electron chi connectivity index (χ0n) is 16.6. The molecule has 1 atom stereocenters. The third-order valence-corrected chi connectivity index (χ3v) is 5.54. The number of hydrogen-bond acceptors (Lipinski definition) is 5. The predicted octanol–water partition coefficient (Wildman–Crippen LogP) is 0.839. The van der Waals surface area contributed by atoms with E-state index in [1.54, 1.807) is 31.3 Å². The number of hydrogen-bond donors (Lipinski definition) is 1. The predicted molar refractivity (Wildman–Crippen MR) is 104 cm³/mol. The molecule has 1 saturated heterocycles. The summed E-state index contributed by atoms with van der Waals surface area (Å²) in [7, 11) is 5.54. The highest BCUT2D eigenvalue weighted by Crippen LogP contribution is 2.28. The molecular weight excluding hydrogens is 358 g/mol. The van der Waals surface area contributed by atoms with Crippen LogP contribution in [0.3, 0.4) is 0 Å². The molecule has 1 N–H and O–H groups in total. The van der Waals surface area contributed by atoms with Crippen LogP contribution in [0.4, 0.5) is 4.79 Å². The first-order valence-corrected chi connectivity index (χ1v) is 9.73. The van der Waals surface area contributed by atoms with Gasteiger partial charge in [0.1, 0.15) is 0 Å². The summed E-state index contributed by atoms with van der Waals surface area (Å²) in [6.45, 7) is 2.70. The van der Waals surface area contributed by atoms with Gasteiger partial charge in [-0.2, -0.15) is 0 Å². The van der Waals surface area contributed by atoms with E-state index in [4.69, 9.17) is 0 Å². The minimum atomic E-state index is -0.0857. The van der Waals surface area contributed by atoms with Crippen LogP contribution in [0.15, 0.2) is 18.3 Å². The van der Waals surface area contributed by atoms with Crippen LogP contribution in [0.25, 0.3) is 5.65 Å². The second-order valence-corrected chi connectivity index (χ2v) is 7.98. The number of nitrogens with one attached hydrogen (secondary N) is 1. The molecule has 0 bridgehead atoms. The lowest BCUT2D eigenvalue weighted by atomic mass is 10.1. The first kappa shape index (κ1) is 18.7. The first-order valence-electron chi connectivity index (χ1n) is 9.73. The average Bonchev–Trinajstić information content (AvgIpc) is 3.43. The van der Waals surface area contributed by atoms with Gasteiger partial charge >= 0.3 is 6.03 Å². The van der Waals surface area contributed by atoms with E-state index < -0.39 is 0 Å². The highest BCUT2D eigenvalue weighted by Gasteiger charge is 2.32. The molecule has 0 spiro atoms. The maximum atomic E-state index is 12.5. The lowest BCUT2D eigenvalue weighted by Crippen LogP contribution is -2.52. The number of amides is 3. The lowest BCUT2D eigenvalue weighted by molar-refractivity contribution is 0.0933. The number of carbonyl (C=O) groups excluding carboxylic acids is 2. The number of nitrogens with zero attached hydrogens (tertiary/aromatic N) is 6. The van der Waals surface area contributed by atoms with Crippen molar-refractivity contribution in [2.75, 3.05) is 47.3 Å². The Morgan fingerprint density at radius 2 is 2.00 bits per heavy atom. The van der Waals surface area contributed by atoms with Gasteiger partial charge in [0.25, 0.3) is 5.91 Å². The normalized spacial score (nSPS) is 20.4. The summed E-state index contributed by atoms with van der Waals surface area (Å²) in [5.74, 6) is 1.30. The van der Waals surface area contributed by atoms with Crippen LogP contribution in [0.5, 0.6) is 0 Å². The van der Waals surface area contributed by atoms with E-state index in [0.717, 1.165) is 18.9 Å². The maximum Gasteiger partial charge on any atom is 0.319 e. The summed E-state index contributed by atoms with van der Waals surface area (Å²) in [5.41, 5.74) is 1.28. The SMILES string of the molecule is CN(C)C(=O)N1CCN(C)[C@H](c2nnc3ccc(C(=O)NCC4CC4)cn23)C1. The Bertz CT molecular complexity index is 890. The van der Waals surface area contributed by atoms with Crippen molar-refractivity contribution < 1.29 is 9.59 Å². The van der Waals surface area contributed by atoms with Crippen LogP contribution < -0.4 is 5.32 Å². The molecule has 2 aliphatic rings. The Morgan fingerprint density at radius 3 is 2.71 bits per heavy atom. The molecular formula is C19H27N7O2. The summed E-state index contributed by atoms with van der Waals surface area (Å²) in [6.07, 6.45) is 4.20. The zero-order chi connectivity index (χ0) is 19.8. The standard InChI is InChI=1S/C19H27N7O2/c1-23(2)19(28)25-9-8-24(3)15(12-25)17-22-21-16-7-6-14(11-26(16)17)18(27)20-10-13-4-5-13/h6-7,11,13,15H,4-5,8-10,12H2,1-3H3,(H,20,27)/t15-/m0/s1. The molecule has 1 aliphatic heterocycles. The van der Waals surface area contributed by atoms with Crippen molar-refractivity contribution in [3.8, 4) is 0 Å². The fraction of sp³-hybridized carbons (Fsp3) is 0.579. The van der Waals surface area contributed by atoms with Gasteiger partial charge in [-0.05, 0) is 37.9 Å². The van der Waals surface area contributed by atoms with Gasteiger partial charge in [0.05, 0.1) is 11.6 Å². The van der Waals surface area contributed by atoms with Crippen LogP contribution in [-0.4, -0.2) is 88.6 Å². The fourth-order valence-corrected chi connectivity index (χ4v) is 3.54. The summed E-state index contributed by atoms with van der Waals surface area (Å²) < 4.78 is 1.87. The van der Waals surface area contributed by atoms with Crippen molar-refractivity contribution in [2.45, 2.75) is 18.9 Å². The highest BCUT2D eigenvalue weighted by molar-refractivity contribution is 5.94.